The molecule has 0 saturated carbocycles. The van der Waals surface area contributed by atoms with Crippen molar-refractivity contribution in [2.75, 3.05) is 12.4 Å². The van der Waals surface area contributed by atoms with Crippen molar-refractivity contribution in [3.05, 3.63) is 27.8 Å². The van der Waals surface area contributed by atoms with E-state index in [9.17, 15) is 24.8 Å². The van der Waals surface area contributed by atoms with Crippen LogP contribution in [-0.2, 0) is 9.53 Å². The van der Waals surface area contributed by atoms with Crippen LogP contribution in [-0.4, -0.2) is 29.0 Å². The molecule has 0 aliphatic heterocycles. The lowest BCUT2D eigenvalue weighted by Gasteiger charge is -2.10. The van der Waals surface area contributed by atoms with Gasteiger partial charge in [0.05, 0.1) is 12.0 Å². The second-order valence-corrected chi connectivity index (χ2v) is 4.28. The van der Waals surface area contributed by atoms with Crippen LogP contribution in [0.4, 0.5) is 11.4 Å². The van der Waals surface area contributed by atoms with Gasteiger partial charge >= 0.3 is 5.97 Å². The number of nitro benzene ring substituents is 1. The predicted molar refractivity (Wildman–Crippen MR) is 69.6 cm³/mol. The number of amides is 1. The Morgan fingerprint density at radius 3 is 2.45 bits per heavy atom. The maximum atomic E-state index is 11.6. The average molecular weight is 282 g/mol. The molecule has 0 fully saturated rings. The molecule has 0 atom stereocenters. The molecule has 0 saturated heterocycles. The van der Waals surface area contributed by atoms with Crippen molar-refractivity contribution in [2.24, 2.45) is 5.92 Å². The molecule has 0 heterocycles. The first kappa shape index (κ1) is 15.4. The fraction of sp³-hybridized carbons (Fsp3) is 0.333. The van der Waals surface area contributed by atoms with Gasteiger partial charge < -0.3 is 15.2 Å². The minimum atomic E-state index is -0.910. The van der Waals surface area contributed by atoms with Gasteiger partial charge in [0.2, 0.25) is 5.91 Å². The van der Waals surface area contributed by atoms with Gasteiger partial charge in [-0.05, 0) is 0 Å². The molecule has 0 radical (unpaired) electrons. The highest BCUT2D eigenvalue weighted by molar-refractivity contribution is 5.98. The number of aromatic hydroxyl groups is 1. The van der Waals surface area contributed by atoms with Crippen molar-refractivity contribution in [1.29, 1.82) is 0 Å². The molecule has 0 aromatic heterocycles. The Bertz CT molecular complexity index is 567. The van der Waals surface area contributed by atoms with Gasteiger partial charge in [0.15, 0.2) is 0 Å². The van der Waals surface area contributed by atoms with Crippen molar-refractivity contribution in [3.63, 3.8) is 0 Å². The third kappa shape index (κ3) is 3.22. The molecule has 8 nitrogen and oxygen atoms in total. The molecular formula is C12H14N2O6. The molecule has 1 amide bonds. The highest BCUT2D eigenvalue weighted by Crippen LogP contribution is 2.32. The van der Waals surface area contributed by atoms with E-state index in [1.807, 2.05) is 0 Å². The van der Waals surface area contributed by atoms with Gasteiger partial charge in [-0.1, -0.05) is 13.8 Å². The van der Waals surface area contributed by atoms with Crippen LogP contribution in [0.1, 0.15) is 24.2 Å². The largest absolute Gasteiger partial charge is 0.507 e. The van der Waals surface area contributed by atoms with Crippen LogP contribution in [0.2, 0.25) is 0 Å². The van der Waals surface area contributed by atoms with Gasteiger partial charge in [-0.3, -0.25) is 14.9 Å². The topological polar surface area (TPSA) is 119 Å². The highest BCUT2D eigenvalue weighted by Gasteiger charge is 2.23. The van der Waals surface area contributed by atoms with E-state index in [-0.39, 0.29) is 11.3 Å². The summed E-state index contributed by atoms with van der Waals surface area (Å²) in [5, 5.41) is 23.0. The molecule has 8 heteroatoms. The van der Waals surface area contributed by atoms with E-state index in [1.54, 1.807) is 13.8 Å². The lowest BCUT2D eigenvalue weighted by atomic mass is 10.1. The molecule has 1 rings (SSSR count). The van der Waals surface area contributed by atoms with Crippen LogP contribution in [0.3, 0.4) is 0 Å². The zero-order valence-corrected chi connectivity index (χ0v) is 11.2. The average Bonchev–Trinajstić information content (AvgIpc) is 2.37. The second-order valence-electron chi connectivity index (χ2n) is 4.28. The van der Waals surface area contributed by atoms with E-state index in [2.05, 4.69) is 10.1 Å². The molecule has 0 aliphatic rings. The number of methoxy groups -OCH3 is 1. The summed E-state index contributed by atoms with van der Waals surface area (Å²) in [4.78, 5) is 33.1. The van der Waals surface area contributed by atoms with Crippen molar-refractivity contribution in [2.45, 2.75) is 13.8 Å². The molecule has 0 unspecified atom stereocenters. The minimum Gasteiger partial charge on any atom is -0.507 e. The lowest BCUT2D eigenvalue weighted by Crippen LogP contribution is -2.18. The number of carbonyl (C=O) groups excluding carboxylic acids is 2. The fourth-order valence-electron chi connectivity index (χ4n) is 1.38. The summed E-state index contributed by atoms with van der Waals surface area (Å²) >= 11 is 0. The Labute approximate surface area is 114 Å². The van der Waals surface area contributed by atoms with Gasteiger partial charge in [0.25, 0.3) is 5.69 Å². The van der Waals surface area contributed by atoms with Gasteiger partial charge in [0, 0.05) is 18.1 Å². The quantitative estimate of drug-likeness (QED) is 0.492. The maximum absolute atomic E-state index is 11.6. The molecule has 2 N–H and O–H groups in total. The monoisotopic (exact) mass is 282 g/mol. The number of carbonyl (C=O) groups is 2. The van der Waals surface area contributed by atoms with E-state index < -0.39 is 34.2 Å². The summed E-state index contributed by atoms with van der Waals surface area (Å²) in [7, 11) is 1.09. The summed E-state index contributed by atoms with van der Waals surface area (Å²) in [5.74, 6) is -2.26. The van der Waals surface area contributed by atoms with Crippen LogP contribution in [0.5, 0.6) is 5.75 Å². The molecule has 0 spiro atoms. The zero-order chi connectivity index (χ0) is 15.4. The van der Waals surface area contributed by atoms with Crippen LogP contribution >= 0.6 is 0 Å². The molecule has 0 aliphatic carbocycles. The second kappa shape index (κ2) is 6.00. The van der Waals surface area contributed by atoms with E-state index in [0.29, 0.717) is 0 Å². The van der Waals surface area contributed by atoms with Crippen molar-refractivity contribution in [3.8, 4) is 5.75 Å². The summed E-state index contributed by atoms with van der Waals surface area (Å²) in [6.07, 6.45) is 0. The minimum absolute atomic E-state index is 0.182. The summed E-state index contributed by atoms with van der Waals surface area (Å²) in [6, 6.07) is 1.81. The zero-order valence-electron chi connectivity index (χ0n) is 11.2. The summed E-state index contributed by atoms with van der Waals surface area (Å²) < 4.78 is 4.40. The molecule has 108 valence electrons. The van der Waals surface area contributed by atoms with Crippen LogP contribution in [0.25, 0.3) is 0 Å². The number of phenols is 1. The SMILES string of the molecule is COC(=O)c1cc([N+](=O)[O-])c(NC(=O)C(C)C)cc1O. The Morgan fingerprint density at radius 2 is 2.00 bits per heavy atom. The number of nitro groups is 1. The maximum Gasteiger partial charge on any atom is 0.341 e. The Hall–Kier alpha value is -2.64. The molecule has 20 heavy (non-hydrogen) atoms. The summed E-state index contributed by atoms with van der Waals surface area (Å²) in [6.45, 7) is 3.23. The van der Waals surface area contributed by atoms with Gasteiger partial charge in [0.1, 0.15) is 17.0 Å². The third-order valence-electron chi connectivity index (χ3n) is 2.50. The first-order valence-corrected chi connectivity index (χ1v) is 5.68. The van der Waals surface area contributed by atoms with E-state index >= 15 is 0 Å². The normalized spacial score (nSPS) is 10.2. The molecule has 0 bridgehead atoms. The third-order valence-corrected chi connectivity index (χ3v) is 2.50. The number of ether oxygens (including phenoxy) is 1. The first-order chi connectivity index (χ1) is 9.27. The van der Waals surface area contributed by atoms with Crippen LogP contribution < -0.4 is 5.32 Å². The lowest BCUT2D eigenvalue weighted by molar-refractivity contribution is -0.384. The van der Waals surface area contributed by atoms with Gasteiger partial charge in [-0.15, -0.1) is 0 Å². The van der Waals surface area contributed by atoms with E-state index in [4.69, 9.17) is 0 Å². The highest BCUT2D eigenvalue weighted by atomic mass is 16.6. The first-order valence-electron chi connectivity index (χ1n) is 5.68. The van der Waals surface area contributed by atoms with E-state index in [1.165, 1.54) is 0 Å². The van der Waals surface area contributed by atoms with Gasteiger partial charge in [-0.2, -0.15) is 0 Å². The number of nitrogens with zero attached hydrogens (tertiary/aromatic N) is 1. The smallest absolute Gasteiger partial charge is 0.341 e. The van der Waals surface area contributed by atoms with Crippen molar-refractivity contribution in [1.82, 2.24) is 0 Å². The molecule has 1 aromatic carbocycles. The molecule has 1 aromatic rings. The Kier molecular flexibility index (Phi) is 4.63. The number of anilines is 1. The van der Waals surface area contributed by atoms with Crippen molar-refractivity contribution >= 4 is 23.3 Å². The number of benzene rings is 1. The Morgan fingerprint density at radius 1 is 1.40 bits per heavy atom. The fourth-order valence-corrected chi connectivity index (χ4v) is 1.38. The number of rotatable bonds is 4. The number of hydrogen-bond donors (Lipinski definition) is 2. The van der Waals surface area contributed by atoms with Crippen molar-refractivity contribution < 1.29 is 24.4 Å². The Balaban J connectivity index is 3.31. The standard InChI is InChI=1S/C12H14N2O6/c1-6(2)11(16)13-8-5-10(15)7(12(17)20-3)4-9(8)14(18)19/h4-6,15H,1-3H3,(H,13,16). The number of hydrogen-bond acceptors (Lipinski definition) is 6. The number of phenolic OH excluding ortho intramolecular Hbond substituents is 1. The van der Waals surface area contributed by atoms with Crippen LogP contribution in [0, 0.1) is 16.0 Å². The predicted octanol–water partition coefficient (Wildman–Crippen LogP) is 1.68. The van der Waals surface area contributed by atoms with Crippen LogP contribution in [0.15, 0.2) is 12.1 Å². The molecular weight excluding hydrogens is 268 g/mol. The number of esters is 1. The van der Waals surface area contributed by atoms with Gasteiger partial charge in [-0.25, -0.2) is 4.79 Å². The number of nitrogens with one attached hydrogen (secondary N) is 1. The summed E-state index contributed by atoms with van der Waals surface area (Å²) in [5.41, 5.74) is -1.03. The van der Waals surface area contributed by atoms with E-state index in [0.717, 1.165) is 19.2 Å².